The molecule has 2 aromatic carbocycles. The molecule has 0 unspecified atom stereocenters. The molecule has 0 bridgehead atoms. The predicted octanol–water partition coefficient (Wildman–Crippen LogP) is 5.91. The number of benzene rings is 2. The number of amides is 1. The number of carboxylic acid groups (broad SMARTS) is 2. The molecule has 10 heteroatoms. The number of likely N-dealkylation sites (tertiary alicyclic amines) is 1. The Morgan fingerprint density at radius 1 is 1.16 bits per heavy atom. The van der Waals surface area contributed by atoms with Crippen LogP contribution in [0.4, 0.5) is 9.18 Å². The van der Waals surface area contributed by atoms with Crippen molar-refractivity contribution in [1.82, 2.24) is 9.80 Å². The molecule has 1 aliphatic heterocycles. The van der Waals surface area contributed by atoms with Gasteiger partial charge in [-0.3, -0.25) is 9.80 Å². The average molecular weight is 553 g/mol. The molecule has 2 aliphatic rings. The molecular formula is C27H31Cl2FN2O5. The third kappa shape index (κ3) is 5.81. The van der Waals surface area contributed by atoms with Crippen LogP contribution in [0.2, 0.25) is 10.0 Å². The number of halogens is 3. The molecule has 7 nitrogen and oxygen atoms in total. The van der Waals surface area contributed by atoms with Crippen LogP contribution in [0.5, 0.6) is 5.75 Å². The first-order valence-electron chi connectivity index (χ1n) is 12.3. The normalized spacial score (nSPS) is 25.9. The summed E-state index contributed by atoms with van der Waals surface area (Å²) in [5.74, 6) is -1.34. The van der Waals surface area contributed by atoms with Crippen LogP contribution in [0, 0.1) is 11.7 Å². The fraction of sp³-hybridized carbons (Fsp3) is 0.481. The second-order valence-corrected chi connectivity index (χ2v) is 11.0. The third-order valence-electron chi connectivity index (χ3n) is 7.83. The highest BCUT2D eigenvalue weighted by molar-refractivity contribution is 6.31. The zero-order chi connectivity index (χ0) is 26.9. The zero-order valence-corrected chi connectivity index (χ0v) is 22.3. The molecule has 1 heterocycles. The summed E-state index contributed by atoms with van der Waals surface area (Å²) in [5, 5.41) is 19.4. The van der Waals surface area contributed by atoms with E-state index in [0.717, 1.165) is 30.6 Å². The Labute approximate surface area is 225 Å². The highest BCUT2D eigenvalue weighted by atomic mass is 35.5. The van der Waals surface area contributed by atoms with Gasteiger partial charge in [0.15, 0.2) is 0 Å². The van der Waals surface area contributed by atoms with Gasteiger partial charge >= 0.3 is 12.1 Å². The van der Waals surface area contributed by atoms with E-state index < -0.39 is 30.0 Å². The van der Waals surface area contributed by atoms with Gasteiger partial charge in [-0.05, 0) is 81.4 Å². The second-order valence-electron chi connectivity index (χ2n) is 10.2. The summed E-state index contributed by atoms with van der Waals surface area (Å²) in [5.41, 5.74) is 1.69. The van der Waals surface area contributed by atoms with Gasteiger partial charge in [0.05, 0.1) is 11.6 Å². The fourth-order valence-corrected chi connectivity index (χ4v) is 6.17. The number of hydrogen-bond donors (Lipinski definition) is 2. The van der Waals surface area contributed by atoms with Gasteiger partial charge in [-0.1, -0.05) is 35.3 Å². The van der Waals surface area contributed by atoms with Crippen molar-refractivity contribution in [2.45, 2.75) is 56.2 Å². The number of nitrogens with zero attached hydrogens (tertiary/aromatic N) is 2. The van der Waals surface area contributed by atoms with Crippen molar-refractivity contribution in [3.63, 3.8) is 0 Å². The van der Waals surface area contributed by atoms with E-state index in [9.17, 15) is 24.2 Å². The summed E-state index contributed by atoms with van der Waals surface area (Å²) >= 11 is 12.6. The minimum Gasteiger partial charge on any atom is -0.488 e. The maximum absolute atomic E-state index is 14.7. The number of hydrogen-bond acceptors (Lipinski definition) is 4. The van der Waals surface area contributed by atoms with E-state index in [1.165, 1.54) is 11.6 Å². The van der Waals surface area contributed by atoms with Gasteiger partial charge in [0.25, 0.3) is 0 Å². The molecule has 2 atom stereocenters. The lowest BCUT2D eigenvalue weighted by Crippen LogP contribution is -2.44. The lowest BCUT2D eigenvalue weighted by Gasteiger charge is -2.46. The smallest absolute Gasteiger partial charge is 0.408 e. The maximum Gasteiger partial charge on any atom is 0.408 e. The Morgan fingerprint density at radius 3 is 2.43 bits per heavy atom. The Hall–Kier alpha value is -2.55. The van der Waals surface area contributed by atoms with E-state index in [1.54, 1.807) is 6.07 Å². The highest BCUT2D eigenvalue weighted by Gasteiger charge is 2.41. The molecule has 1 saturated carbocycles. The molecule has 2 fully saturated rings. The Bertz CT molecular complexity index is 1150. The number of rotatable bonds is 7. The third-order valence-corrected chi connectivity index (χ3v) is 8.49. The van der Waals surface area contributed by atoms with Crippen LogP contribution >= 0.6 is 23.2 Å². The van der Waals surface area contributed by atoms with Crippen LogP contribution in [-0.2, 0) is 16.8 Å². The van der Waals surface area contributed by atoms with Gasteiger partial charge in [0.1, 0.15) is 23.7 Å². The van der Waals surface area contributed by atoms with E-state index >= 15 is 0 Å². The van der Waals surface area contributed by atoms with Gasteiger partial charge < -0.3 is 14.9 Å². The molecule has 1 amide bonds. The van der Waals surface area contributed by atoms with Crippen molar-refractivity contribution in [3.05, 3.63) is 63.4 Å². The summed E-state index contributed by atoms with van der Waals surface area (Å²) in [6, 6.07) is 9.65. The minimum atomic E-state index is -1.33. The molecule has 0 spiro atoms. The fourth-order valence-electron chi connectivity index (χ4n) is 5.80. The van der Waals surface area contributed by atoms with Gasteiger partial charge in [0.2, 0.25) is 0 Å². The minimum absolute atomic E-state index is 0.0139. The molecule has 2 N–H and O–H groups in total. The van der Waals surface area contributed by atoms with Gasteiger partial charge in [-0.25, -0.2) is 14.0 Å². The van der Waals surface area contributed by atoms with E-state index in [1.807, 2.05) is 18.2 Å². The predicted molar refractivity (Wildman–Crippen MR) is 139 cm³/mol. The Morgan fingerprint density at radius 2 is 1.86 bits per heavy atom. The first-order chi connectivity index (χ1) is 17.5. The molecule has 200 valence electrons. The standard InChI is InChI=1S/C27H31Cl2FN2O5/c1-31(2)27(18-4-3-5-19(28)12-18)8-6-16(7-9-27)10-17-11-20(13-22(30)24(17)29)37-21-14-23(25(33)34)32(15-21)26(35)36/h3-5,11-13,16,21,23H,6-10,14-15H2,1-2H3,(H,33,34)(H,35,36)/t16?,21-,23-,27?/m0/s1. The van der Waals surface area contributed by atoms with E-state index in [4.69, 9.17) is 27.9 Å². The average Bonchev–Trinajstić information content (AvgIpc) is 3.27. The SMILES string of the molecule is CN(C)C1(c2cccc(Cl)c2)CCC(Cc2cc(O[C@H]3C[C@@H](C(=O)O)N(C(=O)O)C3)cc(F)c2Cl)CC1. The highest BCUT2D eigenvalue weighted by Crippen LogP contribution is 2.45. The van der Waals surface area contributed by atoms with Crippen LogP contribution in [0.25, 0.3) is 0 Å². The van der Waals surface area contributed by atoms with Crippen molar-refractivity contribution in [3.8, 4) is 5.75 Å². The number of ether oxygens (including phenoxy) is 1. The van der Waals surface area contributed by atoms with Crippen molar-refractivity contribution in [2.24, 2.45) is 5.92 Å². The molecule has 37 heavy (non-hydrogen) atoms. The molecule has 2 aromatic rings. The largest absolute Gasteiger partial charge is 0.488 e. The van der Waals surface area contributed by atoms with Crippen molar-refractivity contribution < 1.29 is 28.9 Å². The molecule has 1 saturated heterocycles. The van der Waals surface area contributed by atoms with Crippen LogP contribution in [0.1, 0.15) is 43.2 Å². The monoisotopic (exact) mass is 552 g/mol. The van der Waals surface area contributed by atoms with E-state index in [-0.39, 0.29) is 29.3 Å². The summed E-state index contributed by atoms with van der Waals surface area (Å²) < 4.78 is 20.6. The van der Waals surface area contributed by atoms with E-state index in [2.05, 4.69) is 25.1 Å². The second kappa shape index (κ2) is 11.1. The summed E-state index contributed by atoms with van der Waals surface area (Å²) in [7, 11) is 4.16. The van der Waals surface area contributed by atoms with Gasteiger partial charge in [-0.15, -0.1) is 0 Å². The Kier molecular flexibility index (Phi) is 8.21. The lowest BCUT2D eigenvalue weighted by molar-refractivity contribution is -0.141. The summed E-state index contributed by atoms with van der Waals surface area (Å²) in [6.45, 7) is -0.107. The number of aliphatic carboxylic acids is 1. The molecule has 0 radical (unpaired) electrons. The van der Waals surface area contributed by atoms with Crippen molar-refractivity contribution >= 4 is 35.3 Å². The zero-order valence-electron chi connectivity index (χ0n) is 20.8. The van der Waals surface area contributed by atoms with Crippen molar-refractivity contribution in [1.29, 1.82) is 0 Å². The Balaban J connectivity index is 1.46. The lowest BCUT2D eigenvalue weighted by atomic mass is 9.70. The maximum atomic E-state index is 14.7. The first kappa shape index (κ1) is 27.5. The summed E-state index contributed by atoms with van der Waals surface area (Å²) in [4.78, 5) is 25.9. The number of carboxylic acids is 1. The first-order valence-corrected chi connectivity index (χ1v) is 13.1. The van der Waals surface area contributed by atoms with Crippen molar-refractivity contribution in [2.75, 3.05) is 20.6 Å². The van der Waals surface area contributed by atoms with Crippen LogP contribution in [0.3, 0.4) is 0 Å². The summed E-state index contributed by atoms with van der Waals surface area (Å²) in [6.07, 6.45) is 2.23. The molecule has 1 aliphatic carbocycles. The van der Waals surface area contributed by atoms with Gasteiger partial charge in [-0.2, -0.15) is 0 Å². The molecular weight excluding hydrogens is 522 g/mol. The quantitative estimate of drug-likeness (QED) is 0.444. The number of carbonyl (C=O) groups is 2. The van der Waals surface area contributed by atoms with Crippen LogP contribution in [0.15, 0.2) is 36.4 Å². The topological polar surface area (TPSA) is 90.3 Å². The van der Waals surface area contributed by atoms with Crippen LogP contribution < -0.4 is 4.74 Å². The molecule has 4 rings (SSSR count). The molecule has 0 aromatic heterocycles. The van der Waals surface area contributed by atoms with Gasteiger partial charge in [0, 0.05) is 23.0 Å². The van der Waals surface area contributed by atoms with E-state index in [0.29, 0.717) is 22.9 Å². The van der Waals surface area contributed by atoms with Crippen LogP contribution in [-0.4, -0.2) is 64.9 Å².